The summed E-state index contributed by atoms with van der Waals surface area (Å²) >= 11 is 0. The molecule has 1 aliphatic rings. The average Bonchev–Trinajstić information content (AvgIpc) is 2.84. The maximum atomic E-state index is 9.15. The van der Waals surface area contributed by atoms with Crippen molar-refractivity contribution in [3.63, 3.8) is 0 Å². The second-order valence-corrected chi connectivity index (χ2v) is 12.2. The molecule has 0 aliphatic carbocycles. The molecular weight excluding hydrogens is 338 g/mol. The standard InChI is InChI=1S/C21H19N3OSi/c1-21(2)18(19(24-4)20(25-21)17(14-22)23-3)16-10-8-15(9-11-16)12-13-26(5,6)7/h8-11H,1-2,5-7H3/b20-17+. The third-order valence-electron chi connectivity index (χ3n) is 3.71. The second kappa shape index (κ2) is 6.93. The van der Waals surface area contributed by atoms with Gasteiger partial charge >= 0.3 is 0 Å². The maximum absolute atomic E-state index is 9.15. The van der Waals surface area contributed by atoms with Crippen molar-refractivity contribution in [2.24, 2.45) is 0 Å². The zero-order chi connectivity index (χ0) is 19.5. The van der Waals surface area contributed by atoms with Crippen LogP contribution in [0.15, 0.2) is 41.4 Å². The number of allylic oxidation sites excluding steroid dienone is 1. The van der Waals surface area contributed by atoms with Gasteiger partial charge in [-0.3, -0.25) is 0 Å². The molecule has 1 aromatic rings. The summed E-state index contributed by atoms with van der Waals surface area (Å²) in [5, 5.41) is 9.15. The highest BCUT2D eigenvalue weighted by Crippen LogP contribution is 2.45. The smallest absolute Gasteiger partial charge is 0.292 e. The highest BCUT2D eigenvalue weighted by Gasteiger charge is 2.40. The number of benzene rings is 1. The third kappa shape index (κ3) is 3.87. The predicted molar refractivity (Wildman–Crippen MR) is 105 cm³/mol. The van der Waals surface area contributed by atoms with Crippen molar-refractivity contribution >= 4 is 13.6 Å². The summed E-state index contributed by atoms with van der Waals surface area (Å²) in [5.41, 5.74) is 5.00. The first-order valence-corrected chi connectivity index (χ1v) is 11.6. The fourth-order valence-corrected chi connectivity index (χ4v) is 3.13. The van der Waals surface area contributed by atoms with Gasteiger partial charge in [0.1, 0.15) is 19.4 Å². The first kappa shape index (κ1) is 19.1. The van der Waals surface area contributed by atoms with Gasteiger partial charge in [-0.25, -0.2) is 15.0 Å². The van der Waals surface area contributed by atoms with Crippen molar-refractivity contribution in [3.05, 3.63) is 75.4 Å². The van der Waals surface area contributed by atoms with E-state index in [-0.39, 0.29) is 17.2 Å². The Balaban J connectivity index is 2.58. The van der Waals surface area contributed by atoms with E-state index in [1.54, 1.807) is 0 Å². The molecular formula is C21H19N3OSi. The first-order valence-electron chi connectivity index (χ1n) is 8.10. The lowest BCUT2D eigenvalue weighted by atomic mass is 9.90. The molecule has 26 heavy (non-hydrogen) atoms. The van der Waals surface area contributed by atoms with Gasteiger partial charge in [0, 0.05) is 11.1 Å². The number of hydrogen-bond donors (Lipinski definition) is 0. The van der Waals surface area contributed by atoms with Crippen LogP contribution in [0, 0.1) is 35.9 Å². The minimum absolute atomic E-state index is 0.0695. The number of nitrogens with zero attached hydrogens (tertiary/aromatic N) is 3. The summed E-state index contributed by atoms with van der Waals surface area (Å²) in [6, 6.07) is 9.49. The fourth-order valence-electron chi connectivity index (χ4n) is 2.61. The molecule has 128 valence electrons. The van der Waals surface area contributed by atoms with Gasteiger partial charge in [-0.15, -0.1) is 5.54 Å². The SMILES string of the molecule is [C-]#[N+]C1=C(c2ccc(C#C[Si](C)(C)C)cc2)C(C)(C)O/C1=C(\C#N)[N+]#[C-]. The van der Waals surface area contributed by atoms with Crippen LogP contribution >= 0.6 is 0 Å². The van der Waals surface area contributed by atoms with Crippen molar-refractivity contribution < 1.29 is 4.74 Å². The van der Waals surface area contributed by atoms with Gasteiger partial charge < -0.3 is 4.74 Å². The fraction of sp³-hybridized carbons (Fsp3) is 0.286. The van der Waals surface area contributed by atoms with Crippen LogP contribution in [0.5, 0.6) is 0 Å². The molecule has 0 unspecified atom stereocenters. The van der Waals surface area contributed by atoms with Gasteiger partial charge in [-0.1, -0.05) is 37.7 Å². The van der Waals surface area contributed by atoms with Crippen LogP contribution in [0.3, 0.4) is 0 Å². The zero-order valence-electron chi connectivity index (χ0n) is 15.6. The zero-order valence-corrected chi connectivity index (χ0v) is 16.6. The average molecular weight is 357 g/mol. The second-order valence-electron chi connectivity index (χ2n) is 7.43. The summed E-state index contributed by atoms with van der Waals surface area (Å²) < 4.78 is 5.82. The Kier molecular flexibility index (Phi) is 5.09. The summed E-state index contributed by atoms with van der Waals surface area (Å²) in [6.07, 6.45) is 0. The van der Waals surface area contributed by atoms with Crippen molar-refractivity contribution in [2.45, 2.75) is 39.1 Å². The quantitative estimate of drug-likeness (QED) is 0.307. The Morgan fingerprint density at radius 1 is 1.15 bits per heavy atom. The molecule has 0 amide bonds. The molecule has 0 saturated carbocycles. The van der Waals surface area contributed by atoms with E-state index in [2.05, 4.69) is 40.8 Å². The van der Waals surface area contributed by atoms with Crippen molar-refractivity contribution in [1.29, 1.82) is 5.26 Å². The lowest BCUT2D eigenvalue weighted by Gasteiger charge is -2.24. The summed E-state index contributed by atoms with van der Waals surface area (Å²) in [5.74, 6) is 3.27. The molecule has 1 aromatic carbocycles. The molecule has 1 aliphatic heterocycles. The summed E-state index contributed by atoms with van der Waals surface area (Å²) in [6.45, 7) is 24.9. The van der Waals surface area contributed by atoms with E-state index >= 15 is 0 Å². The van der Waals surface area contributed by atoms with Crippen LogP contribution in [-0.2, 0) is 4.74 Å². The Hall–Kier alpha value is -3.25. The molecule has 0 bridgehead atoms. The number of hydrogen-bond acceptors (Lipinski definition) is 2. The van der Waals surface area contributed by atoms with Gasteiger partial charge in [0.25, 0.3) is 5.70 Å². The van der Waals surface area contributed by atoms with Crippen LogP contribution < -0.4 is 0 Å². The summed E-state index contributed by atoms with van der Waals surface area (Å²) in [7, 11) is -1.44. The van der Waals surface area contributed by atoms with Crippen LogP contribution in [0.2, 0.25) is 19.6 Å². The maximum Gasteiger partial charge on any atom is 0.292 e. The van der Waals surface area contributed by atoms with E-state index < -0.39 is 13.7 Å². The van der Waals surface area contributed by atoms with Crippen LogP contribution in [0.4, 0.5) is 0 Å². The van der Waals surface area contributed by atoms with Gasteiger partial charge in [-0.05, 0) is 31.5 Å². The molecule has 0 aromatic heterocycles. The Morgan fingerprint density at radius 3 is 2.23 bits per heavy atom. The summed E-state index contributed by atoms with van der Waals surface area (Å²) in [4.78, 5) is 6.75. The van der Waals surface area contributed by atoms with Gasteiger partial charge in [-0.2, -0.15) is 0 Å². The van der Waals surface area contributed by atoms with E-state index in [0.29, 0.717) is 5.57 Å². The van der Waals surface area contributed by atoms with E-state index in [0.717, 1.165) is 11.1 Å². The number of nitriles is 1. The molecule has 4 nitrogen and oxygen atoms in total. The lowest BCUT2D eigenvalue weighted by Crippen LogP contribution is -2.21. The van der Waals surface area contributed by atoms with Gasteiger partial charge in [0.15, 0.2) is 0 Å². The molecule has 0 fully saturated rings. The normalized spacial score (nSPS) is 17.2. The molecule has 0 radical (unpaired) electrons. The van der Waals surface area contributed by atoms with Crippen LogP contribution in [0.25, 0.3) is 15.3 Å². The number of ether oxygens (including phenoxy) is 1. The molecule has 0 atom stereocenters. The first-order chi connectivity index (χ1) is 12.1. The Labute approximate surface area is 156 Å². The van der Waals surface area contributed by atoms with Crippen molar-refractivity contribution in [3.8, 4) is 17.5 Å². The number of rotatable bonds is 1. The minimum atomic E-state index is -1.44. The van der Waals surface area contributed by atoms with E-state index in [1.165, 1.54) is 0 Å². The van der Waals surface area contributed by atoms with Crippen molar-refractivity contribution in [1.82, 2.24) is 0 Å². The Bertz CT molecular complexity index is 974. The van der Waals surface area contributed by atoms with Crippen molar-refractivity contribution in [2.75, 3.05) is 0 Å². The van der Waals surface area contributed by atoms with Gasteiger partial charge in [0.05, 0.1) is 19.2 Å². The molecule has 0 N–H and O–H groups in total. The lowest BCUT2D eigenvalue weighted by molar-refractivity contribution is 0.109. The van der Waals surface area contributed by atoms with Gasteiger partial charge in [0.2, 0.25) is 5.70 Å². The highest BCUT2D eigenvalue weighted by molar-refractivity contribution is 6.83. The van der Waals surface area contributed by atoms with Crippen LogP contribution in [-0.4, -0.2) is 13.7 Å². The van der Waals surface area contributed by atoms with E-state index in [1.807, 2.05) is 44.2 Å². The Morgan fingerprint density at radius 2 is 1.77 bits per heavy atom. The van der Waals surface area contributed by atoms with E-state index in [9.17, 15) is 0 Å². The van der Waals surface area contributed by atoms with E-state index in [4.69, 9.17) is 23.1 Å². The molecule has 0 spiro atoms. The molecule has 0 saturated heterocycles. The largest absolute Gasteiger partial charge is 0.505 e. The monoisotopic (exact) mass is 357 g/mol. The topological polar surface area (TPSA) is 41.7 Å². The molecule has 1 heterocycles. The molecule has 2 rings (SSSR count). The predicted octanol–water partition coefficient (Wildman–Crippen LogP) is 5.01. The van der Waals surface area contributed by atoms with Crippen LogP contribution in [0.1, 0.15) is 25.0 Å². The molecule has 5 heteroatoms. The third-order valence-corrected chi connectivity index (χ3v) is 4.59. The minimum Gasteiger partial charge on any atom is -0.505 e. The highest BCUT2D eigenvalue weighted by atomic mass is 28.3.